The second-order valence-corrected chi connectivity index (χ2v) is 1.92. The zero-order valence-electron chi connectivity index (χ0n) is 5.23. The van der Waals surface area contributed by atoms with Crippen molar-refractivity contribution >= 4 is 12.3 Å². The molecule has 2 rings (SSSR count). The van der Waals surface area contributed by atoms with Gasteiger partial charge in [0.1, 0.15) is 0 Å². The van der Waals surface area contributed by atoms with E-state index in [0.717, 1.165) is 5.69 Å². The Balaban J connectivity index is 2.68. The van der Waals surface area contributed by atoms with Crippen molar-refractivity contribution < 1.29 is 0 Å². The maximum atomic E-state index is 3.79. The van der Waals surface area contributed by atoms with Crippen molar-refractivity contribution in [3.05, 3.63) is 29.8 Å². The minimum Gasteiger partial charge on any atom is -0.213 e. The van der Waals surface area contributed by atoms with Gasteiger partial charge >= 0.3 is 0 Å². The summed E-state index contributed by atoms with van der Waals surface area (Å²) in [4.78, 5) is 0. The lowest BCUT2D eigenvalue weighted by atomic mass is 10.4. The van der Waals surface area contributed by atoms with Crippen LogP contribution < -0.4 is 0 Å². The summed E-state index contributed by atoms with van der Waals surface area (Å²) in [6.45, 7) is 0. The van der Waals surface area contributed by atoms with E-state index in [1.165, 1.54) is 0 Å². The molecule has 48 valence electrons. The van der Waals surface area contributed by atoms with E-state index in [-0.39, 0.29) is 0 Å². The molecule has 0 N–H and O–H groups in total. The molecule has 0 aliphatic carbocycles. The smallest absolute Gasteiger partial charge is 0.0872 e. The topological polar surface area (TPSA) is 30.7 Å². The van der Waals surface area contributed by atoms with Crippen LogP contribution >= 0.6 is 0 Å². The van der Waals surface area contributed by atoms with Gasteiger partial charge in [0.05, 0.1) is 18.1 Å². The summed E-state index contributed by atoms with van der Waals surface area (Å²) >= 11 is 0. The molecule has 3 nitrogen and oxygen atoms in total. The van der Waals surface area contributed by atoms with E-state index in [4.69, 9.17) is 0 Å². The van der Waals surface area contributed by atoms with Gasteiger partial charge in [0.2, 0.25) is 0 Å². The predicted octanol–water partition coefficient (Wildman–Crippen LogP) is 0.931. The Hall–Kier alpha value is -1.60. The van der Waals surface area contributed by atoms with Gasteiger partial charge in [0, 0.05) is 0 Å². The number of nitrogens with zero attached hydrogens (tertiary/aromatic N) is 3. The number of allylic oxidation sites excluding steroid dienone is 2. The second-order valence-electron chi connectivity index (χ2n) is 1.92. The summed E-state index contributed by atoms with van der Waals surface area (Å²) < 4.78 is 1.67. The third-order valence-electron chi connectivity index (χ3n) is 1.26. The molecule has 1 aromatic heterocycles. The number of rotatable bonds is 0. The van der Waals surface area contributed by atoms with E-state index in [1.807, 2.05) is 18.2 Å². The fourth-order valence-corrected chi connectivity index (χ4v) is 0.787. The number of hydrogen-bond donors (Lipinski definition) is 0. The van der Waals surface area contributed by atoms with E-state index in [9.17, 15) is 0 Å². The summed E-state index contributed by atoms with van der Waals surface area (Å²) in [5, 5.41) is 7.52. The van der Waals surface area contributed by atoms with Crippen molar-refractivity contribution in [3.63, 3.8) is 0 Å². The van der Waals surface area contributed by atoms with Crippen LogP contribution in [0.1, 0.15) is 5.69 Å². The Morgan fingerprint density at radius 1 is 1.50 bits per heavy atom. The average molecular weight is 131 g/mol. The Kier molecular flexibility index (Phi) is 1.03. The van der Waals surface area contributed by atoms with Gasteiger partial charge in [-0.2, -0.15) is 0 Å². The first-order valence-electron chi connectivity index (χ1n) is 2.96. The Labute approximate surface area is 58.0 Å². The molecule has 0 saturated carbocycles. The van der Waals surface area contributed by atoms with E-state index < -0.39 is 0 Å². The zero-order chi connectivity index (χ0) is 6.81. The van der Waals surface area contributed by atoms with E-state index in [0.29, 0.717) is 0 Å². The maximum Gasteiger partial charge on any atom is 0.0872 e. The van der Waals surface area contributed by atoms with Crippen molar-refractivity contribution in [1.29, 1.82) is 0 Å². The Morgan fingerprint density at radius 2 is 2.50 bits per heavy atom. The van der Waals surface area contributed by atoms with E-state index in [1.54, 1.807) is 17.1 Å². The molecule has 10 heavy (non-hydrogen) atoms. The molecule has 1 aliphatic rings. The molecule has 0 bridgehead atoms. The van der Waals surface area contributed by atoms with Gasteiger partial charge in [-0.05, 0) is 12.2 Å². The lowest BCUT2D eigenvalue weighted by molar-refractivity contribution is 0.837. The highest BCUT2D eigenvalue weighted by molar-refractivity contribution is 5.50. The molecule has 0 saturated heterocycles. The van der Waals surface area contributed by atoms with Crippen LogP contribution in [0.25, 0.3) is 12.3 Å². The van der Waals surface area contributed by atoms with Crippen molar-refractivity contribution in [2.24, 2.45) is 0 Å². The second kappa shape index (κ2) is 1.97. The molecular weight excluding hydrogens is 126 g/mol. The normalized spacial score (nSPS) is 13.2. The summed E-state index contributed by atoms with van der Waals surface area (Å²) in [6.07, 6.45) is 9.10. The molecule has 2 heterocycles. The largest absolute Gasteiger partial charge is 0.213 e. The van der Waals surface area contributed by atoms with Gasteiger partial charge in [0.25, 0.3) is 0 Å². The van der Waals surface area contributed by atoms with Crippen molar-refractivity contribution in [1.82, 2.24) is 15.0 Å². The summed E-state index contributed by atoms with van der Waals surface area (Å²) in [6, 6.07) is 0. The van der Waals surface area contributed by atoms with Gasteiger partial charge < -0.3 is 0 Å². The van der Waals surface area contributed by atoms with Gasteiger partial charge in [-0.25, -0.2) is 4.68 Å². The molecule has 0 amide bonds. The van der Waals surface area contributed by atoms with E-state index in [2.05, 4.69) is 16.0 Å². The fourth-order valence-electron chi connectivity index (χ4n) is 0.787. The van der Waals surface area contributed by atoms with Crippen LogP contribution in [-0.2, 0) is 0 Å². The Morgan fingerprint density at radius 3 is 3.50 bits per heavy atom. The quantitative estimate of drug-likeness (QED) is 0.490. The van der Waals surface area contributed by atoms with Crippen molar-refractivity contribution in [2.45, 2.75) is 0 Å². The summed E-state index contributed by atoms with van der Waals surface area (Å²) in [5.41, 5.74) is 3.89. The molecule has 1 aromatic rings. The number of aromatic nitrogens is 3. The molecule has 0 radical (unpaired) electrons. The van der Waals surface area contributed by atoms with Crippen LogP contribution in [0.3, 0.4) is 0 Å². The molecule has 0 unspecified atom stereocenters. The molecule has 3 heteroatoms. The first kappa shape index (κ1) is 5.21. The van der Waals surface area contributed by atoms with Crippen molar-refractivity contribution in [3.8, 4) is 0 Å². The van der Waals surface area contributed by atoms with Gasteiger partial charge in [-0.1, -0.05) is 11.3 Å². The van der Waals surface area contributed by atoms with Crippen LogP contribution in [0, 0.1) is 0 Å². The Bertz CT molecular complexity index is 326. The van der Waals surface area contributed by atoms with Gasteiger partial charge in [0.15, 0.2) is 0 Å². The molecule has 0 fully saturated rings. The van der Waals surface area contributed by atoms with Crippen molar-refractivity contribution in [2.75, 3.05) is 0 Å². The zero-order valence-corrected chi connectivity index (χ0v) is 5.23. The minimum atomic E-state index is 0.973. The number of hydrogen-bond acceptors (Lipinski definition) is 2. The lowest BCUT2D eigenvalue weighted by Gasteiger charge is -1.87. The fraction of sp³-hybridized carbons (Fsp3) is 0. The highest BCUT2D eigenvalue weighted by atomic mass is 15.4. The van der Waals surface area contributed by atoms with Gasteiger partial charge in [-0.15, -0.1) is 10.8 Å². The maximum absolute atomic E-state index is 3.79. The first-order valence-corrected chi connectivity index (χ1v) is 2.96. The molecule has 0 atom stereocenters. The third-order valence-corrected chi connectivity index (χ3v) is 1.26. The third kappa shape index (κ3) is 0.694. The van der Waals surface area contributed by atoms with Crippen LogP contribution in [0.5, 0.6) is 0 Å². The average Bonchev–Trinajstić information content (AvgIpc) is 2.28. The molecule has 1 aliphatic heterocycles. The highest BCUT2D eigenvalue weighted by Gasteiger charge is 1.95. The van der Waals surface area contributed by atoms with Crippen LogP contribution in [0.2, 0.25) is 0 Å². The van der Waals surface area contributed by atoms with Gasteiger partial charge in [-0.3, -0.25) is 0 Å². The standard InChI is InChI=1S/C7H5N3/c1-2-4-7-6-8-9-10(7)5-3-1/h1-2,4-6H. The molecule has 0 spiro atoms. The van der Waals surface area contributed by atoms with E-state index >= 15 is 0 Å². The molecule has 0 aromatic carbocycles. The summed E-state index contributed by atoms with van der Waals surface area (Å²) in [7, 11) is 0. The highest BCUT2D eigenvalue weighted by Crippen LogP contribution is 2.01. The monoisotopic (exact) mass is 131 g/mol. The predicted molar refractivity (Wildman–Crippen MR) is 37.9 cm³/mol. The summed E-state index contributed by atoms with van der Waals surface area (Å²) in [5.74, 6) is 0. The SMILES string of the molecule is C1=CC=Cc2cnnn2C=1. The van der Waals surface area contributed by atoms with Crippen LogP contribution in [0.15, 0.2) is 24.1 Å². The first-order chi connectivity index (χ1) is 4.97. The lowest BCUT2D eigenvalue weighted by Crippen LogP contribution is -1.89. The van der Waals surface area contributed by atoms with Crippen LogP contribution in [0.4, 0.5) is 0 Å². The van der Waals surface area contributed by atoms with Crippen LogP contribution in [-0.4, -0.2) is 15.0 Å². The minimum absolute atomic E-state index is 0.973. The number of fused-ring (bicyclic) bond motifs is 1. The molecular formula is C7H5N3.